The van der Waals surface area contributed by atoms with Crippen LogP contribution >= 0.6 is 11.8 Å². The van der Waals surface area contributed by atoms with Gasteiger partial charge in [-0.1, -0.05) is 30.0 Å². The number of H-pyrrole nitrogens is 1. The molecule has 0 bridgehead atoms. The summed E-state index contributed by atoms with van der Waals surface area (Å²) in [6, 6.07) is 8.02. The van der Waals surface area contributed by atoms with Crippen molar-refractivity contribution in [1.29, 1.82) is 0 Å². The first-order valence-corrected chi connectivity index (χ1v) is 9.64. The van der Waals surface area contributed by atoms with E-state index in [9.17, 15) is 9.59 Å². The topological polar surface area (TPSA) is 79.8 Å². The van der Waals surface area contributed by atoms with Gasteiger partial charge in [0.15, 0.2) is 5.16 Å². The van der Waals surface area contributed by atoms with Gasteiger partial charge in [0.1, 0.15) is 0 Å². The molecule has 1 atom stereocenters. The second-order valence-corrected chi connectivity index (χ2v) is 7.51. The number of benzene rings is 1. The van der Waals surface area contributed by atoms with Gasteiger partial charge in [-0.2, -0.15) is 0 Å². The van der Waals surface area contributed by atoms with Crippen LogP contribution in [0, 0.1) is 6.92 Å². The summed E-state index contributed by atoms with van der Waals surface area (Å²) >= 11 is 1.53. The first-order valence-electron chi connectivity index (χ1n) is 8.66. The average molecular weight is 368 g/mol. The van der Waals surface area contributed by atoms with Gasteiger partial charge in [0, 0.05) is 47.6 Å². The van der Waals surface area contributed by atoms with Crippen LogP contribution < -0.4 is 10.9 Å². The van der Waals surface area contributed by atoms with E-state index < -0.39 is 0 Å². The van der Waals surface area contributed by atoms with Crippen LogP contribution in [0.5, 0.6) is 0 Å². The summed E-state index contributed by atoms with van der Waals surface area (Å²) in [5, 5.41) is 4.88. The number of aromatic nitrogens is 3. The third-order valence-electron chi connectivity index (χ3n) is 4.71. The highest BCUT2D eigenvalue weighted by Crippen LogP contribution is 2.31. The number of amides is 1. The maximum Gasteiger partial charge on any atom is 0.257 e. The van der Waals surface area contributed by atoms with Gasteiger partial charge in [0.2, 0.25) is 5.91 Å². The lowest BCUT2D eigenvalue weighted by molar-refractivity contribution is -0.121. The lowest BCUT2D eigenvalue weighted by atomic mass is 10.1. The zero-order valence-electron chi connectivity index (χ0n) is 14.5. The van der Waals surface area contributed by atoms with Gasteiger partial charge in [-0.05, 0) is 25.0 Å². The van der Waals surface area contributed by atoms with Crippen molar-refractivity contribution < 1.29 is 4.79 Å². The first kappa shape index (κ1) is 16.9. The Morgan fingerprint density at radius 3 is 3.15 bits per heavy atom. The molecule has 0 saturated carbocycles. The number of carbonyl (C=O) groups excluding carboxylic acids is 1. The molecular formula is C19H20N4O2S. The van der Waals surface area contributed by atoms with E-state index in [1.54, 1.807) is 17.7 Å². The number of rotatable bonds is 5. The molecule has 4 rings (SSSR count). The lowest BCUT2D eigenvalue weighted by Crippen LogP contribution is -2.32. The van der Waals surface area contributed by atoms with Gasteiger partial charge < -0.3 is 10.3 Å². The first-order chi connectivity index (χ1) is 12.6. The molecule has 0 radical (unpaired) electrons. The van der Waals surface area contributed by atoms with Crippen molar-refractivity contribution in [2.24, 2.45) is 0 Å². The fraction of sp³-hybridized carbons (Fsp3) is 0.316. The summed E-state index contributed by atoms with van der Waals surface area (Å²) in [5.41, 5.74) is 2.87. The Hall–Kier alpha value is -2.54. The summed E-state index contributed by atoms with van der Waals surface area (Å²) in [6.07, 6.45) is 4.67. The average Bonchev–Trinajstić information content (AvgIpc) is 3.23. The number of hydrogen-bond donors (Lipinski definition) is 2. The van der Waals surface area contributed by atoms with Crippen LogP contribution in [0.15, 0.2) is 46.6 Å². The third kappa shape index (κ3) is 3.14. The largest absolute Gasteiger partial charge is 0.361 e. The second kappa shape index (κ2) is 6.99. The highest BCUT2D eigenvalue weighted by atomic mass is 32.2. The summed E-state index contributed by atoms with van der Waals surface area (Å²) in [7, 11) is 0. The summed E-state index contributed by atoms with van der Waals surface area (Å²) in [6.45, 7) is 2.33. The second-order valence-electron chi connectivity index (χ2n) is 6.53. The van der Waals surface area contributed by atoms with Crippen LogP contribution in [0.3, 0.4) is 0 Å². The smallest absolute Gasteiger partial charge is 0.257 e. The highest BCUT2D eigenvalue weighted by Gasteiger charge is 2.27. The van der Waals surface area contributed by atoms with Gasteiger partial charge in [0.05, 0.1) is 6.04 Å². The van der Waals surface area contributed by atoms with E-state index in [1.807, 2.05) is 24.4 Å². The molecule has 2 aromatic heterocycles. The van der Waals surface area contributed by atoms with Crippen molar-refractivity contribution in [3.05, 3.63) is 58.1 Å². The minimum Gasteiger partial charge on any atom is -0.361 e. The standard InChI is InChI=1S/C19H20N4O2S/c1-12-9-22-19-23(18(12)25)14(11-26-19)8-17(24)20-7-6-13-10-21-16-5-3-2-4-15(13)16/h2-5,9-10,14,21H,6-8,11H2,1H3,(H,20,24)/t14-/m1/s1. The van der Waals surface area contributed by atoms with Crippen LogP contribution in [0.1, 0.15) is 23.6 Å². The van der Waals surface area contributed by atoms with Crippen LogP contribution in [0.4, 0.5) is 0 Å². The Labute approximate surface area is 155 Å². The number of aryl methyl sites for hydroxylation is 1. The number of aromatic amines is 1. The van der Waals surface area contributed by atoms with Gasteiger partial charge in [-0.25, -0.2) is 4.98 Å². The van der Waals surface area contributed by atoms with Gasteiger partial charge in [0.25, 0.3) is 5.56 Å². The normalized spacial score (nSPS) is 16.0. The van der Waals surface area contributed by atoms with E-state index in [0.29, 0.717) is 29.4 Å². The summed E-state index contributed by atoms with van der Waals surface area (Å²) in [5.74, 6) is 0.679. The molecular weight excluding hydrogens is 348 g/mol. The van der Waals surface area contributed by atoms with Gasteiger partial charge in [-0.15, -0.1) is 0 Å². The minimum atomic E-state index is -0.122. The molecule has 0 aliphatic carbocycles. The number of fused-ring (bicyclic) bond motifs is 2. The number of nitrogens with one attached hydrogen (secondary N) is 2. The zero-order valence-corrected chi connectivity index (χ0v) is 15.3. The molecule has 6 nitrogen and oxygen atoms in total. The van der Waals surface area contributed by atoms with E-state index in [2.05, 4.69) is 21.4 Å². The Morgan fingerprint density at radius 2 is 2.27 bits per heavy atom. The molecule has 26 heavy (non-hydrogen) atoms. The molecule has 3 heterocycles. The van der Waals surface area contributed by atoms with Crippen molar-refractivity contribution >= 4 is 28.6 Å². The van der Waals surface area contributed by atoms with Crippen molar-refractivity contribution in [3.8, 4) is 0 Å². The molecule has 7 heteroatoms. The molecule has 1 aromatic carbocycles. The number of hydrogen-bond acceptors (Lipinski definition) is 4. The number of para-hydroxylation sites is 1. The summed E-state index contributed by atoms with van der Waals surface area (Å²) in [4.78, 5) is 32.2. The minimum absolute atomic E-state index is 0.0308. The Kier molecular flexibility index (Phi) is 4.55. The predicted molar refractivity (Wildman–Crippen MR) is 103 cm³/mol. The zero-order chi connectivity index (χ0) is 18.1. The highest BCUT2D eigenvalue weighted by molar-refractivity contribution is 7.99. The molecule has 0 saturated heterocycles. The van der Waals surface area contributed by atoms with E-state index >= 15 is 0 Å². The van der Waals surface area contributed by atoms with Crippen molar-refractivity contribution in [2.75, 3.05) is 12.3 Å². The quantitative estimate of drug-likeness (QED) is 0.678. The Morgan fingerprint density at radius 1 is 1.42 bits per heavy atom. The van der Waals surface area contributed by atoms with Crippen molar-refractivity contribution in [1.82, 2.24) is 19.9 Å². The third-order valence-corrected chi connectivity index (χ3v) is 5.83. The lowest BCUT2D eigenvalue weighted by Gasteiger charge is -2.13. The van der Waals surface area contributed by atoms with Crippen molar-refractivity contribution in [2.45, 2.75) is 31.0 Å². The molecule has 1 aliphatic rings. The van der Waals surface area contributed by atoms with Gasteiger partial charge >= 0.3 is 0 Å². The molecule has 3 aromatic rings. The molecule has 0 spiro atoms. The Balaban J connectivity index is 1.36. The van der Waals surface area contributed by atoms with Crippen LogP contribution in [0.2, 0.25) is 0 Å². The SMILES string of the molecule is Cc1cnc2n(c1=O)[C@H](CC(=O)NCCc1c[nH]c3ccccc13)CS2. The number of carbonyl (C=O) groups is 1. The predicted octanol–water partition coefficient (Wildman–Crippen LogP) is 2.43. The molecule has 1 amide bonds. The van der Waals surface area contributed by atoms with Gasteiger partial charge in [-0.3, -0.25) is 14.2 Å². The maximum atomic E-state index is 12.3. The van der Waals surface area contributed by atoms with Crippen LogP contribution in [0.25, 0.3) is 10.9 Å². The molecule has 134 valence electrons. The fourth-order valence-electron chi connectivity index (χ4n) is 3.33. The fourth-order valence-corrected chi connectivity index (χ4v) is 4.44. The molecule has 2 N–H and O–H groups in total. The maximum absolute atomic E-state index is 12.3. The molecule has 0 fully saturated rings. The number of thioether (sulfide) groups is 1. The van der Waals surface area contributed by atoms with E-state index in [-0.39, 0.29) is 17.5 Å². The van der Waals surface area contributed by atoms with E-state index in [1.165, 1.54) is 22.7 Å². The summed E-state index contributed by atoms with van der Waals surface area (Å²) < 4.78 is 1.67. The Bertz CT molecular complexity index is 1020. The van der Waals surface area contributed by atoms with Crippen molar-refractivity contribution in [3.63, 3.8) is 0 Å². The monoisotopic (exact) mass is 368 g/mol. The van der Waals surface area contributed by atoms with Crippen LogP contribution in [-0.4, -0.2) is 32.7 Å². The van der Waals surface area contributed by atoms with E-state index in [4.69, 9.17) is 0 Å². The molecule has 0 unspecified atom stereocenters. The van der Waals surface area contributed by atoms with Crippen LogP contribution in [-0.2, 0) is 11.2 Å². The van der Waals surface area contributed by atoms with E-state index in [0.717, 1.165) is 11.9 Å². The number of nitrogens with zero attached hydrogens (tertiary/aromatic N) is 2. The molecule has 1 aliphatic heterocycles.